The summed E-state index contributed by atoms with van der Waals surface area (Å²) in [5, 5.41) is 0.740. The maximum absolute atomic E-state index is 12.4. The average molecular weight is 369 g/mol. The van der Waals surface area contributed by atoms with Gasteiger partial charge in [0.1, 0.15) is 15.7 Å². The van der Waals surface area contributed by atoms with Crippen LogP contribution in [0.25, 0.3) is 0 Å². The molecule has 0 bridgehead atoms. The number of nitrogens with zero attached hydrogens (tertiary/aromatic N) is 4. The first kappa shape index (κ1) is 15.5. The average Bonchev–Trinajstić information content (AvgIpc) is 3.05. The van der Waals surface area contributed by atoms with Crippen LogP contribution in [0.4, 0.5) is 0 Å². The molecule has 0 aromatic carbocycles. The van der Waals surface area contributed by atoms with E-state index in [1.165, 1.54) is 46.6 Å². The van der Waals surface area contributed by atoms with Gasteiger partial charge in [0.05, 0.1) is 0 Å². The zero-order chi connectivity index (χ0) is 15.9. The van der Waals surface area contributed by atoms with Gasteiger partial charge in [0.15, 0.2) is 4.34 Å². The highest BCUT2D eigenvalue weighted by Gasteiger charge is 2.29. The Morgan fingerprint density at radius 3 is 2.65 bits per heavy atom. The third-order valence-electron chi connectivity index (χ3n) is 3.97. The smallest absolute Gasteiger partial charge is 0.244 e. The maximum Gasteiger partial charge on any atom is 0.244 e. The molecule has 23 heavy (non-hydrogen) atoms. The molecule has 1 aliphatic carbocycles. The second-order valence-corrected chi connectivity index (χ2v) is 9.70. The minimum absolute atomic E-state index is 0.264. The lowest BCUT2D eigenvalue weighted by molar-refractivity contribution is 0.477. The molecule has 1 aliphatic heterocycles. The van der Waals surface area contributed by atoms with Gasteiger partial charge in [0.2, 0.25) is 10.0 Å². The Labute approximate surface area is 143 Å². The summed E-state index contributed by atoms with van der Waals surface area (Å²) in [5.41, 5.74) is 0. The molecule has 0 atom stereocenters. The first-order valence-electron chi connectivity index (χ1n) is 7.60. The Kier molecular flexibility index (Phi) is 4.12. The highest BCUT2D eigenvalue weighted by Crippen LogP contribution is 2.40. The number of hydrogen-bond acceptors (Lipinski definition) is 7. The van der Waals surface area contributed by atoms with Crippen molar-refractivity contribution in [1.29, 1.82) is 0 Å². The fraction of sp³-hybridized carbons (Fsp3) is 0.500. The normalized spacial score (nSPS) is 19.3. The Morgan fingerprint density at radius 2 is 2.00 bits per heavy atom. The van der Waals surface area contributed by atoms with Crippen LogP contribution in [0.2, 0.25) is 0 Å². The van der Waals surface area contributed by atoms with Crippen LogP contribution in [0.15, 0.2) is 32.6 Å². The standard InChI is InChI=1S/C14H16N4O2S3/c19-23(20,18-7-1-2-8-18)11-5-6-12(15-9-11)21-14-16-13(17-22-14)10-3-4-10/h5-6,9-10H,1-4,7-8H2. The molecule has 4 rings (SSSR count). The van der Waals surface area contributed by atoms with Crippen LogP contribution in [0.5, 0.6) is 0 Å². The fourth-order valence-electron chi connectivity index (χ4n) is 2.52. The molecular formula is C14H16N4O2S3. The molecule has 3 heterocycles. The monoisotopic (exact) mass is 368 g/mol. The molecule has 2 aromatic rings. The van der Waals surface area contributed by atoms with E-state index < -0.39 is 10.0 Å². The van der Waals surface area contributed by atoms with Gasteiger partial charge in [0.25, 0.3) is 0 Å². The van der Waals surface area contributed by atoms with E-state index in [0.29, 0.717) is 19.0 Å². The van der Waals surface area contributed by atoms with Crippen molar-refractivity contribution in [3.8, 4) is 0 Å². The Balaban J connectivity index is 1.48. The predicted molar refractivity (Wildman–Crippen MR) is 88.2 cm³/mol. The van der Waals surface area contributed by atoms with E-state index in [0.717, 1.165) is 28.0 Å². The lowest BCUT2D eigenvalue weighted by Crippen LogP contribution is -2.27. The summed E-state index contributed by atoms with van der Waals surface area (Å²) in [5.74, 6) is 1.48. The van der Waals surface area contributed by atoms with Crippen LogP contribution in [-0.4, -0.2) is 40.2 Å². The molecule has 0 spiro atoms. The highest BCUT2D eigenvalue weighted by atomic mass is 32.2. The minimum atomic E-state index is -3.39. The summed E-state index contributed by atoms with van der Waals surface area (Å²) in [6.45, 7) is 1.21. The summed E-state index contributed by atoms with van der Waals surface area (Å²) in [7, 11) is -3.39. The van der Waals surface area contributed by atoms with Crippen molar-refractivity contribution in [3.05, 3.63) is 24.2 Å². The van der Waals surface area contributed by atoms with E-state index in [9.17, 15) is 8.42 Å². The van der Waals surface area contributed by atoms with E-state index in [-0.39, 0.29) is 4.90 Å². The first-order chi connectivity index (χ1) is 11.1. The van der Waals surface area contributed by atoms with Gasteiger partial charge in [-0.3, -0.25) is 0 Å². The van der Waals surface area contributed by atoms with Crippen LogP contribution in [0.1, 0.15) is 37.4 Å². The molecule has 6 nitrogen and oxygen atoms in total. The molecule has 0 N–H and O–H groups in total. The van der Waals surface area contributed by atoms with E-state index >= 15 is 0 Å². The molecular weight excluding hydrogens is 352 g/mol. The summed E-state index contributed by atoms with van der Waals surface area (Å²) in [6, 6.07) is 3.37. The second kappa shape index (κ2) is 6.12. The number of sulfonamides is 1. The number of pyridine rings is 1. The predicted octanol–water partition coefficient (Wildman–Crippen LogP) is 2.75. The number of hydrogen-bond donors (Lipinski definition) is 0. The molecule has 122 valence electrons. The number of rotatable bonds is 5. The van der Waals surface area contributed by atoms with Crippen molar-refractivity contribution in [1.82, 2.24) is 18.6 Å². The first-order valence-corrected chi connectivity index (χ1v) is 10.6. The van der Waals surface area contributed by atoms with E-state index in [2.05, 4.69) is 14.3 Å². The summed E-state index contributed by atoms with van der Waals surface area (Å²) in [6.07, 6.45) is 5.67. The molecule has 0 radical (unpaired) electrons. The molecule has 9 heteroatoms. The highest BCUT2D eigenvalue weighted by molar-refractivity contribution is 8.00. The summed E-state index contributed by atoms with van der Waals surface area (Å²) < 4.78 is 31.6. The van der Waals surface area contributed by atoms with Crippen LogP contribution >= 0.6 is 23.3 Å². The molecule has 1 saturated carbocycles. The topological polar surface area (TPSA) is 76.0 Å². The van der Waals surface area contributed by atoms with Gasteiger partial charge in [-0.1, -0.05) is 0 Å². The van der Waals surface area contributed by atoms with Crippen LogP contribution < -0.4 is 0 Å². The molecule has 2 aliphatic rings. The third kappa shape index (κ3) is 3.28. The van der Waals surface area contributed by atoms with Crippen LogP contribution in [0.3, 0.4) is 0 Å². The maximum atomic E-state index is 12.4. The quantitative estimate of drug-likeness (QED) is 0.808. The minimum Gasteiger partial charge on any atom is -0.248 e. The Bertz CT molecular complexity index is 794. The van der Waals surface area contributed by atoms with Crippen molar-refractivity contribution >= 4 is 33.3 Å². The summed E-state index contributed by atoms with van der Waals surface area (Å²) >= 11 is 2.81. The molecule has 1 saturated heterocycles. The lowest BCUT2D eigenvalue weighted by atomic mass is 10.4. The van der Waals surface area contributed by atoms with Gasteiger partial charge in [0, 0.05) is 25.2 Å². The van der Waals surface area contributed by atoms with Crippen LogP contribution in [-0.2, 0) is 10.0 Å². The largest absolute Gasteiger partial charge is 0.248 e. The van der Waals surface area contributed by atoms with Gasteiger partial charge in [-0.15, -0.1) is 0 Å². The van der Waals surface area contributed by atoms with E-state index in [1.807, 2.05) is 0 Å². The van der Waals surface area contributed by atoms with Crippen molar-refractivity contribution in [2.75, 3.05) is 13.1 Å². The zero-order valence-electron chi connectivity index (χ0n) is 12.4. The number of aromatic nitrogens is 3. The van der Waals surface area contributed by atoms with Gasteiger partial charge in [-0.05, 0) is 61.1 Å². The van der Waals surface area contributed by atoms with Crippen molar-refractivity contribution in [2.45, 2.75) is 45.9 Å². The van der Waals surface area contributed by atoms with Crippen LogP contribution in [0, 0.1) is 0 Å². The lowest BCUT2D eigenvalue weighted by Gasteiger charge is -2.15. The van der Waals surface area contributed by atoms with Crippen molar-refractivity contribution in [3.63, 3.8) is 0 Å². The fourth-order valence-corrected chi connectivity index (χ4v) is 5.55. The van der Waals surface area contributed by atoms with E-state index in [4.69, 9.17) is 0 Å². The van der Waals surface area contributed by atoms with Crippen molar-refractivity contribution in [2.24, 2.45) is 0 Å². The van der Waals surface area contributed by atoms with E-state index in [1.54, 1.807) is 12.1 Å². The molecule has 2 aromatic heterocycles. The summed E-state index contributed by atoms with van der Waals surface area (Å²) in [4.78, 5) is 9.05. The van der Waals surface area contributed by atoms with Crippen molar-refractivity contribution < 1.29 is 8.42 Å². The SMILES string of the molecule is O=S(=O)(c1ccc(Sc2nc(C3CC3)ns2)nc1)N1CCCC1. The zero-order valence-corrected chi connectivity index (χ0v) is 14.8. The Morgan fingerprint density at radius 1 is 1.22 bits per heavy atom. The third-order valence-corrected chi connectivity index (χ3v) is 7.57. The van der Waals surface area contributed by atoms with Gasteiger partial charge >= 0.3 is 0 Å². The van der Waals surface area contributed by atoms with Gasteiger partial charge in [-0.25, -0.2) is 18.4 Å². The second-order valence-electron chi connectivity index (χ2n) is 5.74. The molecule has 0 amide bonds. The molecule has 0 unspecified atom stereocenters. The Hall–Kier alpha value is -1.03. The van der Waals surface area contributed by atoms with Gasteiger partial charge in [-0.2, -0.15) is 8.68 Å². The molecule has 2 fully saturated rings. The van der Waals surface area contributed by atoms with Gasteiger partial charge < -0.3 is 0 Å².